The van der Waals surface area contributed by atoms with Gasteiger partial charge in [-0.05, 0) is 31.4 Å². The van der Waals surface area contributed by atoms with Crippen molar-refractivity contribution in [2.75, 3.05) is 13.1 Å². The van der Waals surface area contributed by atoms with Gasteiger partial charge >= 0.3 is 0 Å². The lowest BCUT2D eigenvalue weighted by atomic mass is 9.98. The third-order valence-electron chi connectivity index (χ3n) is 4.27. The number of nitrogens with zero attached hydrogens (tertiary/aromatic N) is 5. The summed E-state index contributed by atoms with van der Waals surface area (Å²) in [5.74, 6) is 2.04. The number of piperidine rings is 1. The summed E-state index contributed by atoms with van der Waals surface area (Å²) in [6, 6.07) is 2.05. The van der Waals surface area contributed by atoms with E-state index in [0.29, 0.717) is 11.8 Å². The second-order valence-corrected chi connectivity index (χ2v) is 6.56. The Labute approximate surface area is 132 Å². The van der Waals surface area contributed by atoms with Crippen LogP contribution >= 0.6 is 0 Å². The highest BCUT2D eigenvalue weighted by atomic mass is 15.1. The lowest BCUT2D eigenvalue weighted by Crippen LogP contribution is -2.36. The van der Waals surface area contributed by atoms with E-state index in [1.807, 2.05) is 24.8 Å². The third-order valence-corrected chi connectivity index (χ3v) is 4.27. The number of imidazole rings is 1. The molecule has 2 aromatic heterocycles. The topological polar surface area (TPSA) is 46.8 Å². The first-order valence-electron chi connectivity index (χ1n) is 8.20. The Morgan fingerprint density at radius 3 is 3.00 bits per heavy atom. The first kappa shape index (κ1) is 15.2. The molecule has 0 radical (unpaired) electrons. The SMILES string of the molecule is CC(C)c1nccc(CN2CCCC(Cn3ccnc3)C2)n1. The molecular formula is C17H25N5. The fourth-order valence-electron chi connectivity index (χ4n) is 3.15. The van der Waals surface area contributed by atoms with E-state index in [1.165, 1.54) is 19.4 Å². The van der Waals surface area contributed by atoms with Gasteiger partial charge in [-0.25, -0.2) is 15.0 Å². The van der Waals surface area contributed by atoms with E-state index >= 15 is 0 Å². The Morgan fingerprint density at radius 2 is 2.23 bits per heavy atom. The molecule has 1 fully saturated rings. The molecule has 3 heterocycles. The summed E-state index contributed by atoms with van der Waals surface area (Å²) in [4.78, 5) is 15.7. The minimum absolute atomic E-state index is 0.385. The van der Waals surface area contributed by atoms with E-state index in [9.17, 15) is 0 Å². The number of hydrogen-bond acceptors (Lipinski definition) is 4. The average molecular weight is 299 g/mol. The van der Waals surface area contributed by atoms with Gasteiger partial charge < -0.3 is 4.57 Å². The highest BCUT2D eigenvalue weighted by Gasteiger charge is 2.20. The van der Waals surface area contributed by atoms with Gasteiger partial charge in [-0.3, -0.25) is 4.90 Å². The van der Waals surface area contributed by atoms with Crippen LogP contribution in [0.5, 0.6) is 0 Å². The molecule has 5 nitrogen and oxygen atoms in total. The van der Waals surface area contributed by atoms with Gasteiger partial charge in [-0.2, -0.15) is 0 Å². The summed E-state index contributed by atoms with van der Waals surface area (Å²) in [6.07, 6.45) is 10.3. The normalized spacial score (nSPS) is 19.7. The van der Waals surface area contributed by atoms with E-state index in [1.54, 1.807) is 0 Å². The molecule has 22 heavy (non-hydrogen) atoms. The van der Waals surface area contributed by atoms with Crippen LogP contribution < -0.4 is 0 Å². The molecule has 1 aliphatic rings. The van der Waals surface area contributed by atoms with Crippen molar-refractivity contribution in [1.29, 1.82) is 0 Å². The quantitative estimate of drug-likeness (QED) is 0.851. The van der Waals surface area contributed by atoms with Gasteiger partial charge in [0.2, 0.25) is 0 Å². The van der Waals surface area contributed by atoms with Crippen molar-refractivity contribution < 1.29 is 0 Å². The zero-order chi connectivity index (χ0) is 15.4. The molecule has 0 bridgehead atoms. The summed E-state index contributed by atoms with van der Waals surface area (Å²) in [7, 11) is 0. The predicted octanol–water partition coefficient (Wildman–Crippen LogP) is 2.71. The zero-order valence-electron chi connectivity index (χ0n) is 13.5. The predicted molar refractivity (Wildman–Crippen MR) is 86.3 cm³/mol. The van der Waals surface area contributed by atoms with E-state index in [2.05, 4.69) is 39.5 Å². The van der Waals surface area contributed by atoms with Crippen LogP contribution in [0.3, 0.4) is 0 Å². The lowest BCUT2D eigenvalue weighted by Gasteiger charge is -2.32. The van der Waals surface area contributed by atoms with Gasteiger partial charge in [0.15, 0.2) is 0 Å². The van der Waals surface area contributed by atoms with Crippen molar-refractivity contribution in [1.82, 2.24) is 24.4 Å². The fourth-order valence-corrected chi connectivity index (χ4v) is 3.15. The Kier molecular flexibility index (Phi) is 4.83. The molecule has 0 spiro atoms. The number of aromatic nitrogens is 4. The number of hydrogen-bond donors (Lipinski definition) is 0. The second kappa shape index (κ2) is 7.01. The van der Waals surface area contributed by atoms with Gasteiger partial charge in [0.25, 0.3) is 0 Å². The zero-order valence-corrected chi connectivity index (χ0v) is 13.5. The minimum atomic E-state index is 0.385. The summed E-state index contributed by atoms with van der Waals surface area (Å²) in [6.45, 7) is 8.59. The van der Waals surface area contributed by atoms with Crippen LogP contribution in [-0.4, -0.2) is 37.5 Å². The van der Waals surface area contributed by atoms with Crippen molar-refractivity contribution in [3.8, 4) is 0 Å². The van der Waals surface area contributed by atoms with Gasteiger partial charge in [0.05, 0.1) is 12.0 Å². The van der Waals surface area contributed by atoms with Gasteiger partial charge in [0, 0.05) is 44.1 Å². The van der Waals surface area contributed by atoms with Crippen molar-refractivity contribution in [3.05, 3.63) is 42.5 Å². The van der Waals surface area contributed by atoms with Crippen LogP contribution in [0.15, 0.2) is 31.0 Å². The molecule has 3 rings (SSSR count). The van der Waals surface area contributed by atoms with Crippen LogP contribution in [0.25, 0.3) is 0 Å². The van der Waals surface area contributed by atoms with Crippen LogP contribution in [0.4, 0.5) is 0 Å². The molecule has 0 saturated carbocycles. The van der Waals surface area contributed by atoms with E-state index < -0.39 is 0 Å². The molecule has 1 atom stereocenters. The standard InChI is InChI=1S/C17H25N5/c1-14(2)17-19-6-5-16(20-17)12-21-8-3-4-15(10-21)11-22-9-7-18-13-22/h5-7,9,13-15H,3-4,8,10-12H2,1-2H3. The van der Waals surface area contributed by atoms with E-state index in [-0.39, 0.29) is 0 Å². The second-order valence-electron chi connectivity index (χ2n) is 6.56. The van der Waals surface area contributed by atoms with Crippen LogP contribution in [0.2, 0.25) is 0 Å². The molecule has 0 aliphatic carbocycles. The molecule has 1 unspecified atom stereocenters. The van der Waals surface area contributed by atoms with Crippen molar-refractivity contribution in [2.45, 2.75) is 45.7 Å². The Hall–Kier alpha value is -1.75. The lowest BCUT2D eigenvalue weighted by molar-refractivity contribution is 0.154. The van der Waals surface area contributed by atoms with Gasteiger partial charge in [-0.15, -0.1) is 0 Å². The van der Waals surface area contributed by atoms with Crippen LogP contribution in [0.1, 0.15) is 44.1 Å². The molecule has 118 valence electrons. The first-order valence-corrected chi connectivity index (χ1v) is 8.20. The summed E-state index contributed by atoms with van der Waals surface area (Å²) in [5.41, 5.74) is 1.14. The van der Waals surface area contributed by atoms with Crippen molar-refractivity contribution >= 4 is 0 Å². The Balaban J connectivity index is 1.59. The molecule has 1 aliphatic heterocycles. The summed E-state index contributed by atoms with van der Waals surface area (Å²) in [5, 5.41) is 0. The van der Waals surface area contributed by atoms with Gasteiger partial charge in [-0.1, -0.05) is 13.8 Å². The molecule has 2 aromatic rings. The number of likely N-dealkylation sites (tertiary alicyclic amines) is 1. The van der Waals surface area contributed by atoms with Crippen LogP contribution in [0, 0.1) is 5.92 Å². The molecule has 1 saturated heterocycles. The van der Waals surface area contributed by atoms with E-state index in [0.717, 1.165) is 31.2 Å². The van der Waals surface area contributed by atoms with Gasteiger partial charge in [0.1, 0.15) is 5.82 Å². The average Bonchev–Trinajstić information content (AvgIpc) is 3.01. The Morgan fingerprint density at radius 1 is 1.32 bits per heavy atom. The monoisotopic (exact) mass is 299 g/mol. The highest BCUT2D eigenvalue weighted by molar-refractivity contribution is 5.04. The van der Waals surface area contributed by atoms with Crippen molar-refractivity contribution in [3.63, 3.8) is 0 Å². The molecule has 0 amide bonds. The van der Waals surface area contributed by atoms with Crippen LogP contribution in [-0.2, 0) is 13.1 Å². The van der Waals surface area contributed by atoms with Crippen molar-refractivity contribution in [2.24, 2.45) is 5.92 Å². The third kappa shape index (κ3) is 3.91. The highest BCUT2D eigenvalue weighted by Crippen LogP contribution is 2.20. The number of rotatable bonds is 5. The molecule has 0 aromatic carbocycles. The maximum absolute atomic E-state index is 4.70. The molecular weight excluding hydrogens is 274 g/mol. The maximum Gasteiger partial charge on any atom is 0.131 e. The minimum Gasteiger partial charge on any atom is -0.337 e. The first-order chi connectivity index (χ1) is 10.7. The van der Waals surface area contributed by atoms with E-state index in [4.69, 9.17) is 4.98 Å². The smallest absolute Gasteiger partial charge is 0.131 e. The summed E-state index contributed by atoms with van der Waals surface area (Å²) < 4.78 is 2.19. The maximum atomic E-state index is 4.70. The Bertz CT molecular complexity index is 578. The fraction of sp³-hybridized carbons (Fsp3) is 0.588. The largest absolute Gasteiger partial charge is 0.337 e. The summed E-state index contributed by atoms with van der Waals surface area (Å²) >= 11 is 0. The molecule has 5 heteroatoms. The molecule has 0 N–H and O–H groups in total.